The van der Waals surface area contributed by atoms with Crippen molar-refractivity contribution in [2.45, 2.75) is 105 Å². The number of ether oxygens (including phenoxy) is 5. The summed E-state index contributed by atoms with van der Waals surface area (Å²) >= 11 is 0. The fourth-order valence-corrected chi connectivity index (χ4v) is 8.02. The van der Waals surface area contributed by atoms with Gasteiger partial charge in [-0.05, 0) is 65.4 Å². The first kappa shape index (κ1) is 35.6. The fourth-order valence-electron chi connectivity index (χ4n) is 8.02. The van der Waals surface area contributed by atoms with Crippen molar-refractivity contribution in [1.82, 2.24) is 0 Å². The monoisotopic (exact) mass is 650 g/mol. The first-order chi connectivity index (χ1) is 22.0. The van der Waals surface area contributed by atoms with E-state index in [1.54, 1.807) is 6.08 Å². The number of carbonyl (C=O) groups excluding carboxylic acids is 5. The zero-order chi connectivity index (χ0) is 34.8. The Balaban J connectivity index is 1.89. The third kappa shape index (κ3) is 7.36. The summed E-state index contributed by atoms with van der Waals surface area (Å²) in [6.07, 6.45) is -0.715. The van der Waals surface area contributed by atoms with E-state index < -0.39 is 77.1 Å². The second kappa shape index (κ2) is 13.9. The predicted octanol–water partition coefficient (Wildman–Crippen LogP) is 5.69. The Bertz CT molecular complexity index is 1490. The molecule has 0 saturated heterocycles. The van der Waals surface area contributed by atoms with Crippen LogP contribution in [0.4, 0.5) is 0 Å². The summed E-state index contributed by atoms with van der Waals surface area (Å²) in [7, 11) is 0. The molecule has 3 aliphatic rings. The number of hydrogen-bond acceptors (Lipinski definition) is 10. The lowest BCUT2D eigenvalue weighted by molar-refractivity contribution is -0.212. The average Bonchev–Trinajstić information content (AvgIpc) is 2.96. The standard InChI is InChI=1S/C37H46O10/c1-20-28-17-27-18-29(43-22(3)38)21(2)33(36(27,7)8)34(45-24(5)40)35(46-25(6)41)37(28,9)31(44-23(4)39)19-30(20)47-32(42)16-15-26-13-11-10-12-14-26/h10-16,27-31,34-35H,1,17-19H2,2-9H3/b16-15+/t27-,28-,29+,30+,31+,34-,35?,37+/m1/s1. The van der Waals surface area contributed by atoms with Crippen LogP contribution < -0.4 is 0 Å². The van der Waals surface area contributed by atoms with Crippen LogP contribution in [0.5, 0.6) is 0 Å². The molecule has 0 aliphatic heterocycles. The number of benzene rings is 1. The molecule has 10 nitrogen and oxygen atoms in total. The van der Waals surface area contributed by atoms with Crippen molar-refractivity contribution in [3.8, 4) is 0 Å². The average molecular weight is 651 g/mol. The first-order valence-corrected chi connectivity index (χ1v) is 16.0. The van der Waals surface area contributed by atoms with E-state index in [4.69, 9.17) is 23.7 Å². The van der Waals surface area contributed by atoms with Gasteiger partial charge in [0.15, 0.2) is 12.2 Å². The van der Waals surface area contributed by atoms with Crippen LogP contribution in [0.3, 0.4) is 0 Å². The number of carbonyl (C=O) groups is 5. The van der Waals surface area contributed by atoms with E-state index in [2.05, 4.69) is 6.58 Å². The summed E-state index contributed by atoms with van der Waals surface area (Å²) in [5, 5.41) is 0. The minimum Gasteiger partial charge on any atom is -0.462 e. The van der Waals surface area contributed by atoms with E-state index in [0.29, 0.717) is 29.6 Å². The van der Waals surface area contributed by atoms with Crippen LogP contribution in [0.1, 0.15) is 80.2 Å². The highest BCUT2D eigenvalue weighted by atomic mass is 16.6. The molecule has 47 heavy (non-hydrogen) atoms. The van der Waals surface area contributed by atoms with Gasteiger partial charge in [0.1, 0.15) is 18.3 Å². The smallest absolute Gasteiger partial charge is 0.331 e. The summed E-state index contributed by atoms with van der Waals surface area (Å²) in [6.45, 7) is 17.4. The van der Waals surface area contributed by atoms with Crippen LogP contribution >= 0.6 is 0 Å². The largest absolute Gasteiger partial charge is 0.462 e. The molecule has 0 heterocycles. The Morgan fingerprint density at radius 1 is 0.766 bits per heavy atom. The highest BCUT2D eigenvalue weighted by molar-refractivity contribution is 5.87. The molecule has 254 valence electrons. The van der Waals surface area contributed by atoms with Gasteiger partial charge in [-0.25, -0.2) is 4.79 Å². The zero-order valence-electron chi connectivity index (χ0n) is 28.5. The molecule has 10 heteroatoms. The zero-order valence-corrected chi connectivity index (χ0v) is 28.5. The molecule has 1 unspecified atom stereocenters. The van der Waals surface area contributed by atoms with Gasteiger partial charge in [-0.3, -0.25) is 19.2 Å². The van der Waals surface area contributed by atoms with Crippen molar-refractivity contribution in [2.75, 3.05) is 0 Å². The highest BCUT2D eigenvalue weighted by Crippen LogP contribution is 2.61. The Morgan fingerprint density at radius 2 is 1.36 bits per heavy atom. The molecule has 1 aromatic carbocycles. The van der Waals surface area contributed by atoms with E-state index in [1.807, 2.05) is 58.0 Å². The van der Waals surface area contributed by atoms with Gasteiger partial charge in [0.25, 0.3) is 0 Å². The molecule has 2 saturated carbocycles. The molecule has 4 rings (SSSR count). The molecule has 0 amide bonds. The first-order valence-electron chi connectivity index (χ1n) is 16.0. The minimum absolute atomic E-state index is 0.0447. The van der Waals surface area contributed by atoms with Crippen LogP contribution in [0, 0.1) is 22.7 Å². The van der Waals surface area contributed by atoms with Crippen molar-refractivity contribution >= 4 is 35.9 Å². The highest BCUT2D eigenvalue weighted by Gasteiger charge is 2.64. The van der Waals surface area contributed by atoms with Gasteiger partial charge in [0.05, 0.1) is 5.41 Å². The summed E-state index contributed by atoms with van der Waals surface area (Å²) < 4.78 is 29.9. The normalized spacial score (nSPS) is 31.5. The maximum atomic E-state index is 13.1. The Hall–Kier alpha value is -4.21. The molecule has 0 spiro atoms. The Labute approximate surface area is 276 Å². The van der Waals surface area contributed by atoms with E-state index in [-0.39, 0.29) is 12.3 Å². The SMILES string of the molecule is C=C1[C@@H](OC(=O)/C=C/c2ccccc2)C[C@H](OC(C)=O)[C@@]2(C)C(OC(C)=O)[C@H](OC(C)=O)C3=C(C)[C@@H](OC(C)=O)C[C@@H](C[C@H]12)C3(C)C. The van der Waals surface area contributed by atoms with Crippen LogP contribution in [0.25, 0.3) is 6.08 Å². The third-order valence-electron chi connectivity index (χ3n) is 10.2. The molecular formula is C37H46O10. The van der Waals surface area contributed by atoms with Gasteiger partial charge < -0.3 is 23.7 Å². The van der Waals surface area contributed by atoms with Crippen LogP contribution in [0.15, 0.2) is 59.7 Å². The lowest BCUT2D eigenvalue weighted by atomic mass is 9.49. The van der Waals surface area contributed by atoms with E-state index in [0.717, 1.165) is 5.56 Å². The van der Waals surface area contributed by atoms with Gasteiger partial charge in [-0.2, -0.15) is 0 Å². The molecule has 0 aromatic heterocycles. The van der Waals surface area contributed by atoms with Gasteiger partial charge in [-0.1, -0.05) is 57.7 Å². The van der Waals surface area contributed by atoms with Crippen LogP contribution in [-0.4, -0.2) is 60.4 Å². The lowest BCUT2D eigenvalue weighted by Gasteiger charge is -2.59. The maximum Gasteiger partial charge on any atom is 0.331 e. The molecule has 2 fully saturated rings. The van der Waals surface area contributed by atoms with Gasteiger partial charge in [0.2, 0.25) is 0 Å². The van der Waals surface area contributed by atoms with Crippen molar-refractivity contribution in [2.24, 2.45) is 22.7 Å². The molecule has 0 radical (unpaired) electrons. The quantitative estimate of drug-likeness (QED) is 0.157. The maximum absolute atomic E-state index is 13.1. The van der Waals surface area contributed by atoms with E-state index in [9.17, 15) is 24.0 Å². The molecule has 2 bridgehead atoms. The van der Waals surface area contributed by atoms with Crippen molar-refractivity contribution < 1.29 is 47.7 Å². The van der Waals surface area contributed by atoms with Gasteiger partial charge in [-0.15, -0.1) is 0 Å². The number of fused-ring (bicyclic) bond motifs is 3. The summed E-state index contributed by atoms with van der Waals surface area (Å²) in [5.41, 5.74) is 0.978. The molecular weight excluding hydrogens is 604 g/mol. The number of esters is 5. The number of hydrogen-bond donors (Lipinski definition) is 0. The Morgan fingerprint density at radius 3 is 1.94 bits per heavy atom. The summed E-state index contributed by atoms with van der Waals surface area (Å²) in [4.78, 5) is 63.6. The minimum atomic E-state index is -1.17. The molecule has 3 aliphatic carbocycles. The molecule has 0 N–H and O–H groups in total. The van der Waals surface area contributed by atoms with E-state index >= 15 is 0 Å². The van der Waals surface area contributed by atoms with Crippen molar-refractivity contribution in [3.05, 3.63) is 65.3 Å². The fraction of sp³-hybridized carbons (Fsp3) is 0.541. The predicted molar refractivity (Wildman–Crippen MR) is 172 cm³/mol. The Kier molecular flexibility index (Phi) is 10.5. The topological polar surface area (TPSA) is 132 Å². The lowest BCUT2D eigenvalue weighted by Crippen LogP contribution is -2.64. The van der Waals surface area contributed by atoms with E-state index in [1.165, 1.54) is 33.8 Å². The van der Waals surface area contributed by atoms with Crippen LogP contribution in [-0.2, 0) is 47.7 Å². The number of rotatable bonds is 7. The summed E-state index contributed by atoms with van der Waals surface area (Å²) in [5.74, 6) is -3.57. The molecule has 1 aromatic rings. The van der Waals surface area contributed by atoms with Crippen LogP contribution in [0.2, 0.25) is 0 Å². The van der Waals surface area contributed by atoms with Crippen molar-refractivity contribution in [1.29, 1.82) is 0 Å². The van der Waals surface area contributed by atoms with Gasteiger partial charge >= 0.3 is 29.8 Å². The van der Waals surface area contributed by atoms with Gasteiger partial charge in [0, 0.05) is 40.2 Å². The molecule has 8 atom stereocenters. The van der Waals surface area contributed by atoms with Crippen molar-refractivity contribution in [3.63, 3.8) is 0 Å². The summed E-state index contributed by atoms with van der Waals surface area (Å²) in [6, 6.07) is 9.30. The third-order valence-corrected chi connectivity index (χ3v) is 10.2. The second-order valence-corrected chi connectivity index (χ2v) is 13.6. The second-order valence-electron chi connectivity index (χ2n) is 13.6.